The van der Waals surface area contributed by atoms with Gasteiger partial charge < -0.3 is 10.8 Å². The summed E-state index contributed by atoms with van der Waals surface area (Å²) in [5.41, 5.74) is 7.28. The van der Waals surface area contributed by atoms with Gasteiger partial charge in [-0.15, -0.1) is 0 Å². The lowest BCUT2D eigenvalue weighted by molar-refractivity contribution is 0.475. The summed E-state index contributed by atoms with van der Waals surface area (Å²) in [4.78, 5) is 0. The van der Waals surface area contributed by atoms with Crippen molar-refractivity contribution in [2.75, 3.05) is 6.54 Å². The van der Waals surface area contributed by atoms with Crippen LogP contribution in [-0.2, 0) is 6.42 Å². The molecule has 0 radical (unpaired) electrons. The first kappa shape index (κ1) is 12.0. The van der Waals surface area contributed by atoms with Crippen LogP contribution in [0.4, 0.5) is 0 Å². The second kappa shape index (κ2) is 5.21. The molecule has 0 amide bonds. The molecule has 17 heavy (non-hydrogen) atoms. The molecular weight excluding hydrogens is 238 g/mol. The maximum absolute atomic E-state index is 9.22. The predicted octanol–water partition coefficient (Wildman–Crippen LogP) is 2.12. The molecule has 2 rings (SSSR count). The number of rotatable bonds is 4. The molecule has 0 unspecified atom stereocenters. The normalized spacial score (nSPS) is 10.7. The van der Waals surface area contributed by atoms with Gasteiger partial charge in [0.2, 0.25) is 0 Å². The molecule has 0 bridgehead atoms. The van der Waals surface area contributed by atoms with Crippen molar-refractivity contribution in [1.82, 2.24) is 9.78 Å². The summed E-state index contributed by atoms with van der Waals surface area (Å²) in [6.07, 6.45) is 3.47. The predicted molar refractivity (Wildman–Crippen MR) is 67.6 cm³/mol. The third-order valence-electron chi connectivity index (χ3n) is 2.52. The lowest BCUT2D eigenvalue weighted by Crippen LogP contribution is -2.00. The van der Waals surface area contributed by atoms with Crippen LogP contribution in [0.25, 0.3) is 5.69 Å². The highest BCUT2D eigenvalue weighted by atomic mass is 35.5. The number of aryl methyl sites for hydroxylation is 1. The highest BCUT2D eigenvalue weighted by Crippen LogP contribution is 2.22. The number of nitrogens with zero attached hydrogens (tertiary/aromatic N) is 2. The van der Waals surface area contributed by atoms with E-state index in [1.54, 1.807) is 35.1 Å². The number of phenolic OH excluding ortho intramolecular Hbond substituents is 1. The van der Waals surface area contributed by atoms with Crippen LogP contribution in [-0.4, -0.2) is 21.4 Å². The molecule has 0 spiro atoms. The van der Waals surface area contributed by atoms with E-state index in [1.807, 2.05) is 0 Å². The van der Waals surface area contributed by atoms with E-state index in [1.165, 1.54) is 0 Å². The lowest BCUT2D eigenvalue weighted by Gasteiger charge is -2.03. The van der Waals surface area contributed by atoms with Crippen molar-refractivity contribution in [3.8, 4) is 11.4 Å². The lowest BCUT2D eigenvalue weighted by atomic mass is 10.2. The summed E-state index contributed by atoms with van der Waals surface area (Å²) >= 11 is 6.23. The van der Waals surface area contributed by atoms with Crippen LogP contribution < -0.4 is 5.73 Å². The smallest absolute Gasteiger partial charge is 0.136 e. The maximum atomic E-state index is 9.22. The first-order chi connectivity index (χ1) is 8.22. The molecule has 0 aliphatic rings. The number of aromatic nitrogens is 2. The number of aromatic hydroxyl groups is 1. The van der Waals surface area contributed by atoms with Crippen LogP contribution in [0.5, 0.6) is 5.75 Å². The summed E-state index contributed by atoms with van der Waals surface area (Å²) in [6, 6.07) is 6.74. The van der Waals surface area contributed by atoms with Gasteiger partial charge in [0.05, 0.1) is 11.9 Å². The Morgan fingerprint density at radius 1 is 1.29 bits per heavy atom. The first-order valence-electron chi connectivity index (χ1n) is 5.44. The monoisotopic (exact) mass is 251 g/mol. The van der Waals surface area contributed by atoms with Gasteiger partial charge in [-0.25, -0.2) is 4.68 Å². The topological polar surface area (TPSA) is 64.1 Å². The van der Waals surface area contributed by atoms with Crippen molar-refractivity contribution in [2.24, 2.45) is 5.73 Å². The van der Waals surface area contributed by atoms with Crippen molar-refractivity contribution >= 4 is 11.6 Å². The standard InChI is InChI=1S/C12H14ClN3O/c13-12-9(2-1-7-14)8-15-16(12)10-3-5-11(17)6-4-10/h3-6,8,17H,1-2,7,14H2. The van der Waals surface area contributed by atoms with Crippen molar-refractivity contribution in [3.63, 3.8) is 0 Å². The van der Waals surface area contributed by atoms with Gasteiger partial charge in [0, 0.05) is 5.56 Å². The minimum absolute atomic E-state index is 0.223. The van der Waals surface area contributed by atoms with Gasteiger partial charge >= 0.3 is 0 Å². The Morgan fingerprint density at radius 2 is 2.00 bits per heavy atom. The highest BCUT2D eigenvalue weighted by molar-refractivity contribution is 6.30. The minimum atomic E-state index is 0.223. The van der Waals surface area contributed by atoms with Crippen LogP contribution >= 0.6 is 11.6 Å². The van der Waals surface area contributed by atoms with E-state index >= 15 is 0 Å². The van der Waals surface area contributed by atoms with E-state index in [0.29, 0.717) is 11.7 Å². The summed E-state index contributed by atoms with van der Waals surface area (Å²) in [5, 5.41) is 14.0. The molecule has 3 N–H and O–H groups in total. The Balaban J connectivity index is 2.27. The Morgan fingerprint density at radius 3 is 2.65 bits per heavy atom. The molecule has 0 aliphatic heterocycles. The Kier molecular flexibility index (Phi) is 3.66. The van der Waals surface area contributed by atoms with Gasteiger partial charge in [-0.1, -0.05) is 11.6 Å². The van der Waals surface area contributed by atoms with Gasteiger partial charge in [-0.2, -0.15) is 5.10 Å². The van der Waals surface area contributed by atoms with E-state index in [4.69, 9.17) is 17.3 Å². The van der Waals surface area contributed by atoms with Gasteiger partial charge in [-0.3, -0.25) is 0 Å². The van der Waals surface area contributed by atoms with Crippen LogP contribution in [0.2, 0.25) is 5.15 Å². The second-order valence-electron chi connectivity index (χ2n) is 3.78. The van der Waals surface area contributed by atoms with Gasteiger partial charge in [-0.05, 0) is 43.7 Å². The largest absolute Gasteiger partial charge is 0.508 e. The number of hydrogen-bond acceptors (Lipinski definition) is 3. The fourth-order valence-electron chi connectivity index (χ4n) is 1.60. The quantitative estimate of drug-likeness (QED) is 0.875. The van der Waals surface area contributed by atoms with Crippen LogP contribution in [0.15, 0.2) is 30.5 Å². The Hall–Kier alpha value is -1.52. The van der Waals surface area contributed by atoms with Crippen molar-refractivity contribution in [2.45, 2.75) is 12.8 Å². The third kappa shape index (κ3) is 2.60. The van der Waals surface area contributed by atoms with E-state index < -0.39 is 0 Å². The van der Waals surface area contributed by atoms with Crippen LogP contribution in [0.3, 0.4) is 0 Å². The first-order valence-corrected chi connectivity index (χ1v) is 5.82. The number of nitrogens with two attached hydrogens (primary N) is 1. The van der Waals surface area contributed by atoms with Crippen molar-refractivity contribution < 1.29 is 5.11 Å². The maximum Gasteiger partial charge on any atom is 0.136 e. The number of hydrogen-bond donors (Lipinski definition) is 2. The SMILES string of the molecule is NCCCc1cnn(-c2ccc(O)cc2)c1Cl. The average molecular weight is 252 g/mol. The Bertz CT molecular complexity index is 493. The average Bonchev–Trinajstić information content (AvgIpc) is 2.69. The summed E-state index contributed by atoms with van der Waals surface area (Å²) in [7, 11) is 0. The van der Waals surface area contributed by atoms with Crippen molar-refractivity contribution in [1.29, 1.82) is 0 Å². The molecule has 90 valence electrons. The van der Waals surface area contributed by atoms with Gasteiger partial charge in [0.15, 0.2) is 0 Å². The molecule has 4 nitrogen and oxygen atoms in total. The summed E-state index contributed by atoms with van der Waals surface area (Å²) < 4.78 is 1.65. The van der Waals surface area contributed by atoms with E-state index in [2.05, 4.69) is 5.10 Å². The zero-order valence-corrected chi connectivity index (χ0v) is 10.1. The molecule has 0 saturated heterocycles. The highest BCUT2D eigenvalue weighted by Gasteiger charge is 2.09. The molecule has 1 aromatic carbocycles. The zero-order valence-electron chi connectivity index (χ0n) is 9.31. The third-order valence-corrected chi connectivity index (χ3v) is 2.93. The fraction of sp³-hybridized carbons (Fsp3) is 0.250. The molecule has 0 aliphatic carbocycles. The molecule has 0 fully saturated rings. The number of phenols is 1. The van der Waals surface area contributed by atoms with Crippen LogP contribution in [0, 0.1) is 0 Å². The summed E-state index contributed by atoms with van der Waals surface area (Å²) in [5.74, 6) is 0.223. The fourth-order valence-corrected chi connectivity index (χ4v) is 1.89. The van der Waals surface area contributed by atoms with Crippen molar-refractivity contribution in [3.05, 3.63) is 41.2 Å². The summed E-state index contributed by atoms with van der Waals surface area (Å²) in [6.45, 7) is 0.640. The van der Waals surface area contributed by atoms with Gasteiger partial charge in [0.25, 0.3) is 0 Å². The molecule has 0 saturated carbocycles. The molecule has 2 aromatic rings. The van der Waals surface area contributed by atoms with Crippen LogP contribution in [0.1, 0.15) is 12.0 Å². The molecule has 1 aromatic heterocycles. The number of benzene rings is 1. The zero-order chi connectivity index (χ0) is 12.3. The van der Waals surface area contributed by atoms with E-state index in [9.17, 15) is 5.11 Å². The van der Waals surface area contributed by atoms with E-state index in [0.717, 1.165) is 24.1 Å². The van der Waals surface area contributed by atoms with Gasteiger partial charge in [0.1, 0.15) is 10.9 Å². The molecule has 5 heteroatoms. The van der Waals surface area contributed by atoms with E-state index in [-0.39, 0.29) is 5.75 Å². The molecule has 0 atom stereocenters. The Labute approximate surface area is 105 Å². The molecular formula is C12H14ClN3O. The second-order valence-corrected chi connectivity index (χ2v) is 4.14. The molecule has 1 heterocycles. The number of halogens is 1. The minimum Gasteiger partial charge on any atom is -0.508 e.